The molecule has 0 amide bonds. The summed E-state index contributed by atoms with van der Waals surface area (Å²) in [5.41, 5.74) is 1.50. The Kier molecular flexibility index (Phi) is 6.38. The average Bonchev–Trinajstić information content (AvgIpc) is 3.10. The predicted octanol–water partition coefficient (Wildman–Crippen LogP) is 1.91. The number of rotatable bonds is 5. The topological polar surface area (TPSA) is 115 Å². The SMILES string of the molecule is OCc1ccc(Sc2cn([C@@H]3O[C@H](CO)[C@@H](O)[C@H](O)[C@H]3O)c3cc(Cl)ccc23)cc1. The summed E-state index contributed by atoms with van der Waals surface area (Å²) in [5.74, 6) is 0. The van der Waals surface area contributed by atoms with Crippen LogP contribution in [0.1, 0.15) is 11.8 Å². The summed E-state index contributed by atoms with van der Waals surface area (Å²) in [5, 5.41) is 50.9. The highest BCUT2D eigenvalue weighted by Crippen LogP contribution is 2.40. The number of benzene rings is 2. The third-order valence-electron chi connectivity index (χ3n) is 5.23. The normalized spacial score (nSPS) is 26.9. The van der Waals surface area contributed by atoms with Crippen molar-refractivity contribution in [2.45, 2.75) is 47.0 Å². The minimum Gasteiger partial charge on any atom is -0.394 e. The zero-order chi connectivity index (χ0) is 21.4. The first kappa shape index (κ1) is 21.6. The number of hydrogen-bond donors (Lipinski definition) is 5. The maximum Gasteiger partial charge on any atom is 0.163 e. The first-order chi connectivity index (χ1) is 14.4. The lowest BCUT2D eigenvalue weighted by Gasteiger charge is -2.40. The van der Waals surface area contributed by atoms with Crippen molar-refractivity contribution in [2.24, 2.45) is 0 Å². The van der Waals surface area contributed by atoms with Crippen molar-refractivity contribution >= 4 is 34.3 Å². The Hall–Kier alpha value is -1.62. The number of halogens is 1. The van der Waals surface area contributed by atoms with Crippen molar-refractivity contribution in [3.63, 3.8) is 0 Å². The summed E-state index contributed by atoms with van der Waals surface area (Å²) in [6, 6.07) is 12.9. The molecule has 5 atom stereocenters. The number of fused-ring (bicyclic) bond motifs is 1. The highest BCUT2D eigenvalue weighted by molar-refractivity contribution is 7.99. The van der Waals surface area contributed by atoms with Crippen LogP contribution in [0.5, 0.6) is 0 Å². The van der Waals surface area contributed by atoms with E-state index in [1.54, 1.807) is 22.9 Å². The lowest BCUT2D eigenvalue weighted by Crippen LogP contribution is -2.56. The van der Waals surface area contributed by atoms with E-state index in [4.69, 9.17) is 16.3 Å². The molecule has 0 radical (unpaired) electrons. The van der Waals surface area contributed by atoms with Crippen LogP contribution in [0.2, 0.25) is 5.02 Å². The van der Waals surface area contributed by atoms with Gasteiger partial charge in [-0.05, 0) is 29.8 Å². The summed E-state index contributed by atoms with van der Waals surface area (Å²) in [7, 11) is 0. The van der Waals surface area contributed by atoms with E-state index in [2.05, 4.69) is 0 Å². The Morgan fingerprint density at radius 2 is 1.70 bits per heavy atom. The fraction of sp³-hybridized carbons (Fsp3) is 0.333. The summed E-state index contributed by atoms with van der Waals surface area (Å²) in [4.78, 5) is 1.82. The number of aliphatic hydroxyl groups is 5. The molecule has 0 spiro atoms. The van der Waals surface area contributed by atoms with E-state index in [0.29, 0.717) is 10.5 Å². The number of ether oxygens (including phenoxy) is 1. The van der Waals surface area contributed by atoms with E-state index < -0.39 is 37.3 Å². The third kappa shape index (κ3) is 3.98. The number of aliphatic hydroxyl groups excluding tert-OH is 5. The monoisotopic (exact) mass is 451 g/mol. The highest BCUT2D eigenvalue weighted by Gasteiger charge is 2.44. The van der Waals surface area contributed by atoms with Crippen molar-refractivity contribution in [2.75, 3.05) is 6.61 Å². The Morgan fingerprint density at radius 3 is 2.37 bits per heavy atom. The molecule has 3 aromatic rings. The molecule has 160 valence electrons. The van der Waals surface area contributed by atoms with Gasteiger partial charge in [-0.2, -0.15) is 0 Å². The van der Waals surface area contributed by atoms with Crippen LogP contribution < -0.4 is 0 Å². The minimum atomic E-state index is -1.47. The van der Waals surface area contributed by atoms with Crippen LogP contribution in [-0.2, 0) is 11.3 Å². The van der Waals surface area contributed by atoms with Crippen LogP contribution in [0.15, 0.2) is 58.5 Å². The molecule has 9 heteroatoms. The molecule has 1 saturated heterocycles. The van der Waals surface area contributed by atoms with Crippen molar-refractivity contribution in [3.05, 3.63) is 59.2 Å². The first-order valence-corrected chi connectivity index (χ1v) is 10.6. The average molecular weight is 452 g/mol. The molecule has 0 aliphatic carbocycles. The van der Waals surface area contributed by atoms with E-state index in [-0.39, 0.29) is 6.61 Å². The standard InChI is InChI=1S/C21H22ClNO6S/c22-12-3-6-14-15(7-12)23(21-20(28)19(27)18(26)16(10-25)29-21)8-17(14)30-13-4-1-11(9-24)2-5-13/h1-8,16,18-21,24-28H,9-10H2/t16-,18-,19+,20-,21-/m1/s1. The Labute approximate surface area is 182 Å². The van der Waals surface area contributed by atoms with Crippen LogP contribution >= 0.6 is 23.4 Å². The zero-order valence-electron chi connectivity index (χ0n) is 15.8. The van der Waals surface area contributed by atoms with Gasteiger partial charge in [-0.3, -0.25) is 0 Å². The first-order valence-electron chi connectivity index (χ1n) is 9.41. The summed E-state index contributed by atoms with van der Waals surface area (Å²) in [6.45, 7) is -0.528. The maximum atomic E-state index is 10.6. The van der Waals surface area contributed by atoms with Gasteiger partial charge in [0.05, 0.1) is 18.7 Å². The molecule has 0 bridgehead atoms. The summed E-state index contributed by atoms with van der Waals surface area (Å²) >= 11 is 7.69. The van der Waals surface area contributed by atoms with Gasteiger partial charge in [0.2, 0.25) is 0 Å². The van der Waals surface area contributed by atoms with E-state index in [9.17, 15) is 25.5 Å². The predicted molar refractivity (Wildman–Crippen MR) is 112 cm³/mol. The number of hydrogen-bond acceptors (Lipinski definition) is 7. The summed E-state index contributed by atoms with van der Waals surface area (Å²) < 4.78 is 7.39. The van der Waals surface area contributed by atoms with Gasteiger partial charge in [-0.1, -0.05) is 41.6 Å². The second-order valence-electron chi connectivity index (χ2n) is 7.19. The molecular formula is C21H22ClNO6S. The van der Waals surface area contributed by atoms with E-state index >= 15 is 0 Å². The van der Waals surface area contributed by atoms with Gasteiger partial charge < -0.3 is 34.8 Å². The molecule has 1 fully saturated rings. The molecule has 7 nitrogen and oxygen atoms in total. The summed E-state index contributed by atoms with van der Waals surface area (Å²) in [6.07, 6.45) is -4.54. The van der Waals surface area contributed by atoms with Gasteiger partial charge in [-0.25, -0.2) is 0 Å². The molecule has 2 aromatic carbocycles. The number of nitrogens with zero attached hydrogens (tertiary/aromatic N) is 1. The largest absolute Gasteiger partial charge is 0.394 e. The van der Waals surface area contributed by atoms with Crippen LogP contribution in [0.3, 0.4) is 0 Å². The van der Waals surface area contributed by atoms with E-state index in [1.165, 1.54) is 11.8 Å². The Balaban J connectivity index is 1.75. The molecule has 5 N–H and O–H groups in total. The molecule has 4 rings (SSSR count). The lowest BCUT2D eigenvalue weighted by molar-refractivity contribution is -0.250. The lowest BCUT2D eigenvalue weighted by atomic mass is 9.98. The minimum absolute atomic E-state index is 0.0279. The van der Waals surface area contributed by atoms with Crippen molar-refractivity contribution in [3.8, 4) is 0 Å². The fourth-order valence-corrected chi connectivity index (χ4v) is 4.73. The van der Waals surface area contributed by atoms with Crippen LogP contribution in [0.25, 0.3) is 10.9 Å². The third-order valence-corrected chi connectivity index (χ3v) is 6.52. The van der Waals surface area contributed by atoms with Crippen molar-refractivity contribution < 1.29 is 30.3 Å². The van der Waals surface area contributed by atoms with Gasteiger partial charge in [0.25, 0.3) is 0 Å². The Morgan fingerprint density at radius 1 is 0.967 bits per heavy atom. The van der Waals surface area contributed by atoms with Gasteiger partial charge >= 0.3 is 0 Å². The molecule has 0 saturated carbocycles. The van der Waals surface area contributed by atoms with Gasteiger partial charge in [0.15, 0.2) is 6.23 Å². The van der Waals surface area contributed by atoms with Gasteiger partial charge in [0.1, 0.15) is 24.4 Å². The maximum absolute atomic E-state index is 10.6. The van der Waals surface area contributed by atoms with E-state index in [1.807, 2.05) is 30.3 Å². The molecular weight excluding hydrogens is 430 g/mol. The molecule has 1 aliphatic heterocycles. The van der Waals surface area contributed by atoms with Crippen LogP contribution in [0, 0.1) is 0 Å². The second-order valence-corrected chi connectivity index (χ2v) is 8.74. The molecule has 2 heterocycles. The van der Waals surface area contributed by atoms with Gasteiger partial charge in [-0.15, -0.1) is 0 Å². The van der Waals surface area contributed by atoms with Crippen LogP contribution in [-0.4, -0.2) is 61.1 Å². The fourth-order valence-electron chi connectivity index (χ4n) is 3.59. The molecule has 1 aliphatic rings. The second kappa shape index (κ2) is 8.86. The van der Waals surface area contributed by atoms with Crippen molar-refractivity contribution in [1.29, 1.82) is 0 Å². The quantitative estimate of drug-likeness (QED) is 0.402. The van der Waals surface area contributed by atoms with Crippen LogP contribution in [0.4, 0.5) is 0 Å². The smallest absolute Gasteiger partial charge is 0.163 e. The van der Waals surface area contributed by atoms with Gasteiger partial charge in [0, 0.05) is 26.4 Å². The zero-order valence-corrected chi connectivity index (χ0v) is 17.4. The number of aromatic nitrogens is 1. The molecule has 1 aromatic heterocycles. The van der Waals surface area contributed by atoms with E-state index in [0.717, 1.165) is 20.7 Å². The van der Waals surface area contributed by atoms with Crippen molar-refractivity contribution in [1.82, 2.24) is 4.57 Å². The Bertz CT molecular complexity index is 1020. The highest BCUT2D eigenvalue weighted by atomic mass is 35.5. The molecule has 30 heavy (non-hydrogen) atoms. The molecule has 0 unspecified atom stereocenters.